The first-order chi connectivity index (χ1) is 17.2. The summed E-state index contributed by atoms with van der Waals surface area (Å²) < 4.78 is 21.8. The molecule has 3 aromatic carbocycles. The van der Waals surface area contributed by atoms with Crippen LogP contribution in [0.5, 0.6) is 5.75 Å². The minimum absolute atomic E-state index is 0.0733. The Bertz CT molecular complexity index is 1480. The molecule has 5 nitrogen and oxygen atoms in total. The van der Waals surface area contributed by atoms with Gasteiger partial charge in [0.15, 0.2) is 0 Å². The smallest absolute Gasteiger partial charge is 0.326 e. The highest BCUT2D eigenvalue weighted by molar-refractivity contribution is 5.95. The third-order valence-corrected chi connectivity index (χ3v) is 7.12. The number of aromatic nitrogens is 2. The topological polar surface area (TPSA) is 50.3 Å². The van der Waals surface area contributed by atoms with Crippen LogP contribution >= 0.6 is 0 Å². The zero-order chi connectivity index (χ0) is 23.8. The van der Waals surface area contributed by atoms with Crippen LogP contribution in [0.1, 0.15) is 41.5 Å². The molecule has 2 aliphatic heterocycles. The Balaban J connectivity index is 1.38. The van der Waals surface area contributed by atoms with Gasteiger partial charge in [-0.1, -0.05) is 36.8 Å². The zero-order valence-corrected chi connectivity index (χ0v) is 19.6. The summed E-state index contributed by atoms with van der Waals surface area (Å²) in [5.74, 6) is 0.213. The summed E-state index contributed by atoms with van der Waals surface area (Å²) in [4.78, 5) is 18.2. The molecule has 0 aliphatic carbocycles. The van der Waals surface area contributed by atoms with Gasteiger partial charge in [0.1, 0.15) is 18.2 Å². The van der Waals surface area contributed by atoms with Gasteiger partial charge in [-0.15, -0.1) is 0 Å². The first kappa shape index (κ1) is 21.9. The molecule has 0 unspecified atom stereocenters. The van der Waals surface area contributed by atoms with Crippen molar-refractivity contribution in [2.24, 2.45) is 0 Å². The number of likely N-dealkylation sites (tertiary alicyclic amines) is 1. The first-order valence-corrected chi connectivity index (χ1v) is 12.3. The normalized spacial score (nSPS) is 17.1. The average Bonchev–Trinajstić information content (AvgIpc) is 3.11. The van der Waals surface area contributed by atoms with Crippen molar-refractivity contribution in [3.05, 3.63) is 99.2 Å². The van der Waals surface area contributed by atoms with Gasteiger partial charge in [0, 0.05) is 24.7 Å². The van der Waals surface area contributed by atoms with Crippen molar-refractivity contribution in [3.8, 4) is 5.75 Å². The van der Waals surface area contributed by atoms with E-state index in [1.54, 1.807) is 6.07 Å². The predicted molar refractivity (Wildman–Crippen MR) is 137 cm³/mol. The number of fused-ring (bicyclic) bond motifs is 3. The van der Waals surface area contributed by atoms with Crippen LogP contribution in [0.3, 0.4) is 0 Å². The lowest BCUT2D eigenvalue weighted by Gasteiger charge is -2.26. The van der Waals surface area contributed by atoms with E-state index in [-0.39, 0.29) is 11.5 Å². The van der Waals surface area contributed by atoms with Crippen molar-refractivity contribution < 1.29 is 9.13 Å². The van der Waals surface area contributed by atoms with E-state index in [0.29, 0.717) is 18.9 Å². The molecule has 0 radical (unpaired) electrons. The molecule has 0 bridgehead atoms. The lowest BCUT2D eigenvalue weighted by atomic mass is 9.92. The highest BCUT2D eigenvalue weighted by Gasteiger charge is 2.20. The Morgan fingerprint density at radius 2 is 1.80 bits per heavy atom. The molecule has 0 saturated carbocycles. The molecule has 6 heteroatoms. The second kappa shape index (κ2) is 9.19. The van der Waals surface area contributed by atoms with Gasteiger partial charge in [-0.05, 0) is 78.5 Å². The molecule has 35 heavy (non-hydrogen) atoms. The fourth-order valence-electron chi connectivity index (χ4n) is 5.29. The molecule has 1 fully saturated rings. The number of hydrogen-bond acceptors (Lipinski definition) is 3. The van der Waals surface area contributed by atoms with Gasteiger partial charge in [-0.3, -0.25) is 4.57 Å². The number of hydrogen-bond donors (Lipinski definition) is 1. The SMILES string of the molecule is O=c1[nH]c2cc(C=C3c4ccccc4COc4cc(F)ccc43)ccc2n1CCN1CCCCC1. The van der Waals surface area contributed by atoms with E-state index < -0.39 is 0 Å². The maximum absolute atomic E-state index is 14.0. The summed E-state index contributed by atoms with van der Waals surface area (Å²) in [6.45, 7) is 4.19. The highest BCUT2D eigenvalue weighted by Crippen LogP contribution is 2.38. The van der Waals surface area contributed by atoms with Gasteiger partial charge < -0.3 is 14.6 Å². The van der Waals surface area contributed by atoms with Crippen LogP contribution in [0.2, 0.25) is 0 Å². The van der Waals surface area contributed by atoms with Crippen molar-refractivity contribution in [2.45, 2.75) is 32.4 Å². The lowest BCUT2D eigenvalue weighted by Crippen LogP contribution is -2.34. The van der Waals surface area contributed by atoms with Crippen LogP contribution in [0.15, 0.2) is 65.5 Å². The molecular weight excluding hydrogens is 441 g/mol. The molecule has 178 valence electrons. The number of ether oxygens (including phenoxy) is 1. The molecule has 3 heterocycles. The fourth-order valence-corrected chi connectivity index (χ4v) is 5.29. The van der Waals surface area contributed by atoms with E-state index in [9.17, 15) is 9.18 Å². The number of H-pyrrole nitrogens is 1. The Kier molecular flexibility index (Phi) is 5.74. The number of piperidine rings is 1. The Morgan fingerprint density at radius 1 is 0.943 bits per heavy atom. The molecule has 0 atom stereocenters. The minimum atomic E-state index is -0.320. The maximum atomic E-state index is 14.0. The van der Waals surface area contributed by atoms with Crippen LogP contribution < -0.4 is 10.4 Å². The molecule has 6 rings (SSSR count). The van der Waals surface area contributed by atoms with E-state index in [0.717, 1.165) is 58.5 Å². The molecule has 1 N–H and O–H groups in total. The zero-order valence-electron chi connectivity index (χ0n) is 19.6. The Labute approximate surface area is 203 Å². The highest BCUT2D eigenvalue weighted by atomic mass is 19.1. The molecule has 0 spiro atoms. The van der Waals surface area contributed by atoms with Crippen molar-refractivity contribution in [3.63, 3.8) is 0 Å². The fraction of sp³-hybridized carbons (Fsp3) is 0.276. The van der Waals surface area contributed by atoms with E-state index in [2.05, 4.69) is 22.0 Å². The quantitative estimate of drug-likeness (QED) is 0.433. The molecule has 2 aliphatic rings. The summed E-state index contributed by atoms with van der Waals surface area (Å²) >= 11 is 0. The lowest BCUT2D eigenvalue weighted by molar-refractivity contribution is 0.221. The number of aromatic amines is 1. The first-order valence-electron chi connectivity index (χ1n) is 12.3. The molecule has 1 saturated heterocycles. The van der Waals surface area contributed by atoms with Gasteiger partial charge >= 0.3 is 5.69 Å². The van der Waals surface area contributed by atoms with E-state index in [4.69, 9.17) is 4.74 Å². The number of halogens is 1. The Morgan fingerprint density at radius 3 is 2.69 bits per heavy atom. The van der Waals surface area contributed by atoms with Crippen LogP contribution in [-0.2, 0) is 13.2 Å². The predicted octanol–water partition coefficient (Wildman–Crippen LogP) is 5.44. The summed E-state index contributed by atoms with van der Waals surface area (Å²) in [5.41, 5.74) is 6.56. The third kappa shape index (κ3) is 4.30. The third-order valence-electron chi connectivity index (χ3n) is 7.12. The molecule has 4 aromatic rings. The minimum Gasteiger partial charge on any atom is -0.488 e. The second-order valence-electron chi connectivity index (χ2n) is 9.40. The van der Waals surface area contributed by atoms with Crippen molar-refractivity contribution in [1.82, 2.24) is 14.5 Å². The number of nitrogens with zero attached hydrogens (tertiary/aromatic N) is 2. The van der Waals surface area contributed by atoms with Crippen LogP contribution in [-0.4, -0.2) is 34.1 Å². The van der Waals surface area contributed by atoms with Crippen molar-refractivity contribution in [2.75, 3.05) is 19.6 Å². The number of rotatable bonds is 4. The molecule has 0 amide bonds. The van der Waals surface area contributed by atoms with Gasteiger partial charge in [0.05, 0.1) is 11.0 Å². The summed E-state index contributed by atoms with van der Waals surface area (Å²) in [6, 6.07) is 18.8. The monoisotopic (exact) mass is 469 g/mol. The van der Waals surface area contributed by atoms with Gasteiger partial charge in [-0.25, -0.2) is 9.18 Å². The second-order valence-corrected chi connectivity index (χ2v) is 9.40. The summed E-state index contributed by atoms with van der Waals surface area (Å²) in [6.07, 6.45) is 5.88. The van der Waals surface area contributed by atoms with Crippen molar-refractivity contribution >= 4 is 22.7 Å². The van der Waals surface area contributed by atoms with Gasteiger partial charge in [0.25, 0.3) is 0 Å². The summed E-state index contributed by atoms with van der Waals surface area (Å²) in [5, 5.41) is 0. The van der Waals surface area contributed by atoms with Crippen LogP contribution in [0.25, 0.3) is 22.7 Å². The van der Waals surface area contributed by atoms with E-state index in [1.165, 1.54) is 31.4 Å². The standard InChI is InChI=1S/C29H28FN3O2/c30-22-9-10-24-25(23-7-3-2-6-21(23)19-35-28(24)18-22)16-20-8-11-27-26(17-20)31-29(34)33(27)15-14-32-12-4-1-5-13-32/h2-3,6-11,16-18H,1,4-5,12-15,19H2,(H,31,34). The van der Waals surface area contributed by atoms with Crippen molar-refractivity contribution in [1.29, 1.82) is 0 Å². The largest absolute Gasteiger partial charge is 0.488 e. The average molecular weight is 470 g/mol. The van der Waals surface area contributed by atoms with Crippen LogP contribution in [0.4, 0.5) is 4.39 Å². The Hall–Kier alpha value is -3.64. The summed E-state index contributed by atoms with van der Waals surface area (Å²) in [7, 11) is 0. The number of imidazole rings is 1. The molecule has 1 aromatic heterocycles. The van der Waals surface area contributed by atoms with E-state index >= 15 is 0 Å². The van der Waals surface area contributed by atoms with E-state index in [1.807, 2.05) is 41.0 Å². The van der Waals surface area contributed by atoms with Crippen LogP contribution in [0, 0.1) is 5.82 Å². The number of benzene rings is 3. The maximum Gasteiger partial charge on any atom is 0.326 e. The molecular formula is C29H28FN3O2. The number of nitrogens with one attached hydrogen (secondary N) is 1. The van der Waals surface area contributed by atoms with Gasteiger partial charge in [0.2, 0.25) is 0 Å². The van der Waals surface area contributed by atoms with Gasteiger partial charge in [-0.2, -0.15) is 0 Å².